The van der Waals surface area contributed by atoms with Gasteiger partial charge in [-0.3, -0.25) is 4.90 Å². The van der Waals surface area contributed by atoms with E-state index in [-0.39, 0.29) is 12.1 Å². The Balaban J connectivity index is 2.53. The summed E-state index contributed by atoms with van der Waals surface area (Å²) in [6.07, 6.45) is -0.0469. The number of nitrogens with zero attached hydrogens (tertiary/aromatic N) is 2. The number of hydrogen-bond acceptors (Lipinski definition) is 4. The van der Waals surface area contributed by atoms with Crippen LogP contribution in [0.4, 0.5) is 4.79 Å². The van der Waals surface area contributed by atoms with Crippen molar-refractivity contribution in [2.75, 3.05) is 39.3 Å². The normalized spacial score (nSPS) is 20.1. The average Bonchev–Trinajstić information content (AvgIpc) is 2.45. The fourth-order valence-corrected chi connectivity index (χ4v) is 2.40. The van der Waals surface area contributed by atoms with Crippen LogP contribution < -0.4 is 5.32 Å². The van der Waals surface area contributed by atoms with Gasteiger partial charge in [-0.05, 0) is 27.3 Å². The number of urea groups is 1. The standard InChI is InChI=1S/C14H27N3O4/c1-5-16-7-8-21-11(10-16)9-15-13(20)17(6-2)14(3,4)12(18)19/h11H,5-10H2,1-4H3,(H,15,20)(H,18,19). The molecule has 122 valence electrons. The Bertz CT molecular complexity index is 373. The second-order valence-electron chi connectivity index (χ2n) is 5.68. The van der Waals surface area contributed by atoms with Gasteiger partial charge in [0.25, 0.3) is 0 Å². The van der Waals surface area contributed by atoms with Crippen molar-refractivity contribution in [3.05, 3.63) is 0 Å². The molecule has 7 heteroatoms. The van der Waals surface area contributed by atoms with Crippen LogP contribution in [-0.2, 0) is 9.53 Å². The number of carbonyl (C=O) groups excluding carboxylic acids is 1. The third kappa shape index (κ3) is 4.57. The van der Waals surface area contributed by atoms with Gasteiger partial charge in [0.05, 0.1) is 12.7 Å². The van der Waals surface area contributed by atoms with Gasteiger partial charge >= 0.3 is 12.0 Å². The van der Waals surface area contributed by atoms with Gasteiger partial charge in [-0.25, -0.2) is 9.59 Å². The highest BCUT2D eigenvalue weighted by atomic mass is 16.5. The molecule has 1 heterocycles. The molecule has 1 atom stereocenters. The van der Waals surface area contributed by atoms with Gasteiger partial charge in [-0.15, -0.1) is 0 Å². The van der Waals surface area contributed by atoms with Crippen molar-refractivity contribution in [1.29, 1.82) is 0 Å². The number of likely N-dealkylation sites (N-methyl/N-ethyl adjacent to an activating group) is 2. The highest BCUT2D eigenvalue weighted by Gasteiger charge is 2.37. The number of carboxylic acids is 1. The summed E-state index contributed by atoms with van der Waals surface area (Å²) in [6.45, 7) is 10.9. The van der Waals surface area contributed by atoms with E-state index in [1.807, 2.05) is 0 Å². The monoisotopic (exact) mass is 301 g/mol. The Labute approximate surface area is 126 Å². The van der Waals surface area contributed by atoms with Gasteiger partial charge in [0.15, 0.2) is 0 Å². The van der Waals surface area contributed by atoms with Crippen LogP contribution in [0.15, 0.2) is 0 Å². The van der Waals surface area contributed by atoms with E-state index in [0.717, 1.165) is 19.6 Å². The molecule has 1 rings (SSSR count). The number of amides is 2. The zero-order chi connectivity index (χ0) is 16.0. The SMILES string of the molecule is CCN1CCOC(CNC(=O)N(CC)C(C)(C)C(=O)O)C1. The number of morpholine rings is 1. The highest BCUT2D eigenvalue weighted by molar-refractivity contribution is 5.85. The van der Waals surface area contributed by atoms with E-state index in [4.69, 9.17) is 4.74 Å². The molecule has 1 unspecified atom stereocenters. The molecule has 0 saturated carbocycles. The minimum absolute atomic E-state index is 0.0469. The molecule has 1 aliphatic heterocycles. The maximum atomic E-state index is 12.2. The van der Waals surface area contributed by atoms with Gasteiger partial charge in [0.2, 0.25) is 0 Å². The number of carboxylic acid groups (broad SMARTS) is 1. The Hall–Kier alpha value is -1.34. The third-order valence-corrected chi connectivity index (χ3v) is 3.91. The first-order chi connectivity index (χ1) is 9.82. The van der Waals surface area contributed by atoms with Crippen LogP contribution in [0.25, 0.3) is 0 Å². The van der Waals surface area contributed by atoms with Crippen LogP contribution in [-0.4, -0.2) is 77.9 Å². The summed E-state index contributed by atoms with van der Waals surface area (Å²) in [5, 5.41) is 12.0. The average molecular weight is 301 g/mol. The van der Waals surface area contributed by atoms with E-state index in [9.17, 15) is 14.7 Å². The second kappa shape index (κ2) is 7.61. The molecule has 1 fully saturated rings. The molecule has 0 spiro atoms. The third-order valence-electron chi connectivity index (χ3n) is 3.91. The molecule has 2 N–H and O–H groups in total. The van der Waals surface area contributed by atoms with Crippen molar-refractivity contribution in [3.63, 3.8) is 0 Å². The van der Waals surface area contributed by atoms with Crippen LogP contribution in [0.5, 0.6) is 0 Å². The number of hydrogen-bond donors (Lipinski definition) is 2. The summed E-state index contributed by atoms with van der Waals surface area (Å²) in [6, 6.07) is -0.373. The van der Waals surface area contributed by atoms with E-state index < -0.39 is 11.5 Å². The predicted octanol–water partition coefficient (Wildman–Crippen LogP) is 0.602. The molecule has 1 saturated heterocycles. The van der Waals surface area contributed by atoms with Crippen molar-refractivity contribution < 1.29 is 19.4 Å². The molecule has 0 bridgehead atoms. The lowest BCUT2D eigenvalue weighted by atomic mass is 10.0. The van der Waals surface area contributed by atoms with Crippen LogP contribution in [0.2, 0.25) is 0 Å². The predicted molar refractivity (Wildman–Crippen MR) is 79.3 cm³/mol. The fraction of sp³-hybridized carbons (Fsp3) is 0.857. The van der Waals surface area contributed by atoms with Crippen molar-refractivity contribution in [2.24, 2.45) is 0 Å². The molecule has 2 amide bonds. The minimum Gasteiger partial charge on any atom is -0.480 e. The number of carbonyl (C=O) groups is 2. The van der Waals surface area contributed by atoms with E-state index in [2.05, 4.69) is 17.1 Å². The molecular weight excluding hydrogens is 274 g/mol. The summed E-state index contributed by atoms with van der Waals surface area (Å²) >= 11 is 0. The fourth-order valence-electron chi connectivity index (χ4n) is 2.40. The van der Waals surface area contributed by atoms with Crippen LogP contribution in [0.1, 0.15) is 27.7 Å². The lowest BCUT2D eigenvalue weighted by molar-refractivity contribution is -0.147. The molecule has 7 nitrogen and oxygen atoms in total. The van der Waals surface area contributed by atoms with Crippen molar-refractivity contribution >= 4 is 12.0 Å². The molecule has 0 aromatic carbocycles. The van der Waals surface area contributed by atoms with E-state index in [1.165, 1.54) is 18.7 Å². The summed E-state index contributed by atoms with van der Waals surface area (Å²) in [5.41, 5.74) is -1.23. The Morgan fingerprint density at radius 3 is 2.62 bits per heavy atom. The van der Waals surface area contributed by atoms with Gasteiger partial charge in [0, 0.05) is 26.2 Å². The first kappa shape index (κ1) is 17.7. The molecular formula is C14H27N3O4. The summed E-state index contributed by atoms with van der Waals surface area (Å²) in [5.74, 6) is -1.02. The maximum Gasteiger partial charge on any atom is 0.329 e. The minimum atomic E-state index is -1.23. The Morgan fingerprint density at radius 2 is 2.10 bits per heavy atom. The van der Waals surface area contributed by atoms with E-state index >= 15 is 0 Å². The van der Waals surface area contributed by atoms with Crippen molar-refractivity contribution in [1.82, 2.24) is 15.1 Å². The van der Waals surface area contributed by atoms with E-state index in [1.54, 1.807) is 6.92 Å². The van der Waals surface area contributed by atoms with Gasteiger partial charge in [-0.2, -0.15) is 0 Å². The summed E-state index contributed by atoms with van der Waals surface area (Å²) in [7, 11) is 0. The van der Waals surface area contributed by atoms with Gasteiger partial charge in [0.1, 0.15) is 5.54 Å². The maximum absolute atomic E-state index is 12.2. The van der Waals surface area contributed by atoms with Crippen LogP contribution in [0, 0.1) is 0 Å². The lowest BCUT2D eigenvalue weighted by Crippen LogP contribution is -2.57. The zero-order valence-corrected chi connectivity index (χ0v) is 13.4. The van der Waals surface area contributed by atoms with Crippen LogP contribution in [0.3, 0.4) is 0 Å². The first-order valence-corrected chi connectivity index (χ1v) is 7.45. The number of nitrogens with one attached hydrogen (secondary N) is 1. The lowest BCUT2D eigenvalue weighted by Gasteiger charge is -2.36. The van der Waals surface area contributed by atoms with Gasteiger partial charge in [-0.1, -0.05) is 6.92 Å². The Morgan fingerprint density at radius 1 is 1.43 bits per heavy atom. The van der Waals surface area contributed by atoms with Crippen molar-refractivity contribution in [2.45, 2.75) is 39.3 Å². The smallest absolute Gasteiger partial charge is 0.329 e. The quantitative estimate of drug-likeness (QED) is 0.751. The molecule has 0 aliphatic carbocycles. The van der Waals surface area contributed by atoms with Crippen molar-refractivity contribution in [3.8, 4) is 0 Å². The largest absolute Gasteiger partial charge is 0.480 e. The van der Waals surface area contributed by atoms with Gasteiger partial charge < -0.3 is 20.1 Å². The highest BCUT2D eigenvalue weighted by Crippen LogP contribution is 2.14. The van der Waals surface area contributed by atoms with Crippen LogP contribution >= 0.6 is 0 Å². The number of aliphatic carboxylic acids is 1. The molecule has 1 aliphatic rings. The molecule has 0 aromatic heterocycles. The summed E-state index contributed by atoms with van der Waals surface area (Å²) < 4.78 is 5.62. The molecule has 0 aromatic rings. The topological polar surface area (TPSA) is 82.1 Å². The van der Waals surface area contributed by atoms with E-state index in [0.29, 0.717) is 19.7 Å². The summed E-state index contributed by atoms with van der Waals surface area (Å²) in [4.78, 5) is 27.0. The Kier molecular flexibility index (Phi) is 6.42. The zero-order valence-electron chi connectivity index (χ0n) is 13.4. The first-order valence-electron chi connectivity index (χ1n) is 7.45. The number of rotatable bonds is 6. The number of ether oxygens (including phenoxy) is 1. The second-order valence-corrected chi connectivity index (χ2v) is 5.68. The molecule has 21 heavy (non-hydrogen) atoms. The molecule has 0 radical (unpaired) electrons.